The second-order valence-corrected chi connectivity index (χ2v) is 15.5. The predicted molar refractivity (Wildman–Crippen MR) is 200 cm³/mol. The number of likely N-dealkylation sites (tertiary alicyclic amines) is 1. The van der Waals surface area contributed by atoms with E-state index >= 15 is 0 Å². The molecule has 1 aromatic heterocycles. The Bertz CT molecular complexity index is 1800. The molecule has 1 saturated carbocycles. The molecule has 0 bridgehead atoms. The van der Waals surface area contributed by atoms with Crippen molar-refractivity contribution in [3.05, 3.63) is 58.7 Å². The summed E-state index contributed by atoms with van der Waals surface area (Å²) in [6, 6.07) is 12.3. The molecular formula is C39H50N6O4S. The Morgan fingerprint density at radius 2 is 1.64 bits per heavy atom. The van der Waals surface area contributed by atoms with Crippen LogP contribution in [0.1, 0.15) is 72.3 Å². The number of methoxy groups -OCH3 is 1. The number of fused-ring (bicyclic) bond motifs is 5. The van der Waals surface area contributed by atoms with Gasteiger partial charge < -0.3 is 24.0 Å². The molecule has 266 valence electrons. The number of rotatable bonds is 7. The number of benzene rings is 2. The van der Waals surface area contributed by atoms with Crippen LogP contribution in [-0.2, 0) is 16.1 Å². The minimum atomic E-state index is -0.119. The van der Waals surface area contributed by atoms with E-state index in [-0.39, 0.29) is 23.6 Å². The van der Waals surface area contributed by atoms with Crippen LogP contribution in [0.2, 0.25) is 0 Å². The molecule has 3 amide bonds. The first-order valence-electron chi connectivity index (χ1n) is 18.2. The van der Waals surface area contributed by atoms with Crippen LogP contribution in [0.3, 0.4) is 0 Å². The van der Waals surface area contributed by atoms with Gasteiger partial charge in [0.25, 0.3) is 11.8 Å². The van der Waals surface area contributed by atoms with Crippen molar-refractivity contribution in [2.75, 3.05) is 67.5 Å². The molecule has 4 aliphatic rings. The minimum Gasteiger partial charge on any atom is -0.497 e. The van der Waals surface area contributed by atoms with Gasteiger partial charge in [0, 0.05) is 99.0 Å². The molecule has 0 spiro atoms. The van der Waals surface area contributed by atoms with Gasteiger partial charge in [-0.3, -0.25) is 19.1 Å². The van der Waals surface area contributed by atoms with Crippen LogP contribution in [0.25, 0.3) is 28.2 Å². The molecule has 50 heavy (non-hydrogen) atoms. The van der Waals surface area contributed by atoms with Crippen LogP contribution in [0.4, 0.5) is 0 Å². The van der Waals surface area contributed by atoms with Crippen molar-refractivity contribution in [1.29, 1.82) is 0 Å². The lowest BCUT2D eigenvalue weighted by atomic mass is 9.81. The lowest BCUT2D eigenvalue weighted by molar-refractivity contribution is -0.137. The Hall–Kier alpha value is -3.80. The van der Waals surface area contributed by atoms with E-state index in [1.165, 1.54) is 37.0 Å². The van der Waals surface area contributed by atoms with Gasteiger partial charge in [-0.1, -0.05) is 25.3 Å². The SMILES string of the molecule is COc1ccc2c(c1)C=C(C(=O)N1CCC(C(=O)N(C)C)CC1)Cn1c-2c(C2CCCCC2)c2ccc(C(=O)NSN3CCN(C)CC3)cc21. The molecule has 3 aliphatic heterocycles. The zero-order valence-electron chi connectivity index (χ0n) is 29.9. The van der Waals surface area contributed by atoms with Crippen molar-refractivity contribution < 1.29 is 19.1 Å². The smallest absolute Gasteiger partial charge is 0.262 e. The quantitative estimate of drug-likeness (QED) is 0.320. The van der Waals surface area contributed by atoms with Gasteiger partial charge in [0.05, 0.1) is 19.3 Å². The third kappa shape index (κ3) is 6.92. The highest BCUT2D eigenvalue weighted by molar-refractivity contribution is 7.95. The number of likely N-dealkylation sites (N-methyl/N-ethyl adjacent to an activating group) is 1. The number of aromatic nitrogens is 1. The summed E-state index contributed by atoms with van der Waals surface area (Å²) in [5, 5.41) is 1.16. The zero-order chi connectivity index (χ0) is 34.9. The highest BCUT2D eigenvalue weighted by Gasteiger charge is 2.33. The lowest BCUT2D eigenvalue weighted by Crippen LogP contribution is -2.43. The van der Waals surface area contributed by atoms with E-state index in [0.29, 0.717) is 49.5 Å². The van der Waals surface area contributed by atoms with Gasteiger partial charge in [0.15, 0.2) is 0 Å². The van der Waals surface area contributed by atoms with Crippen LogP contribution >= 0.6 is 12.1 Å². The Morgan fingerprint density at radius 1 is 0.900 bits per heavy atom. The topological polar surface area (TPSA) is 90.4 Å². The van der Waals surface area contributed by atoms with Crippen LogP contribution in [0.15, 0.2) is 42.0 Å². The molecule has 0 radical (unpaired) electrons. The van der Waals surface area contributed by atoms with Crippen molar-refractivity contribution in [1.82, 2.24) is 28.3 Å². The fourth-order valence-electron chi connectivity index (χ4n) is 8.25. The number of carbonyl (C=O) groups is 3. The van der Waals surface area contributed by atoms with Crippen LogP contribution in [-0.4, -0.2) is 109 Å². The van der Waals surface area contributed by atoms with Gasteiger partial charge in [0.2, 0.25) is 5.91 Å². The Kier molecular flexibility index (Phi) is 10.3. The van der Waals surface area contributed by atoms with Crippen LogP contribution < -0.4 is 9.46 Å². The third-order valence-electron chi connectivity index (χ3n) is 11.1. The fourth-order valence-corrected chi connectivity index (χ4v) is 8.93. The van der Waals surface area contributed by atoms with Crippen molar-refractivity contribution >= 4 is 46.8 Å². The van der Waals surface area contributed by atoms with Gasteiger partial charge in [-0.2, -0.15) is 0 Å². The molecular weight excluding hydrogens is 649 g/mol. The van der Waals surface area contributed by atoms with Gasteiger partial charge in [-0.05, 0) is 86.2 Å². The molecule has 4 heterocycles. The van der Waals surface area contributed by atoms with Crippen LogP contribution in [0, 0.1) is 5.92 Å². The van der Waals surface area contributed by atoms with Gasteiger partial charge in [0.1, 0.15) is 5.75 Å². The van der Waals surface area contributed by atoms with E-state index in [0.717, 1.165) is 72.5 Å². The maximum Gasteiger partial charge on any atom is 0.262 e. The lowest BCUT2D eigenvalue weighted by Gasteiger charge is -2.33. The van der Waals surface area contributed by atoms with E-state index in [2.05, 4.69) is 37.7 Å². The fraction of sp³-hybridized carbons (Fsp3) is 0.513. The molecule has 2 saturated heterocycles. The maximum absolute atomic E-state index is 14.4. The largest absolute Gasteiger partial charge is 0.497 e. The average molecular weight is 699 g/mol. The number of carbonyl (C=O) groups excluding carboxylic acids is 3. The van der Waals surface area contributed by atoms with E-state index in [1.54, 1.807) is 26.1 Å². The van der Waals surface area contributed by atoms with Crippen molar-refractivity contribution in [2.24, 2.45) is 5.92 Å². The number of nitrogens with one attached hydrogen (secondary N) is 1. The van der Waals surface area contributed by atoms with Gasteiger partial charge in [-0.15, -0.1) is 0 Å². The van der Waals surface area contributed by atoms with Crippen molar-refractivity contribution in [3.8, 4) is 17.0 Å². The molecule has 1 N–H and O–H groups in total. The van der Waals surface area contributed by atoms with Gasteiger partial charge in [-0.25, -0.2) is 4.31 Å². The van der Waals surface area contributed by atoms with E-state index in [1.807, 2.05) is 35.2 Å². The third-order valence-corrected chi connectivity index (χ3v) is 12.0. The minimum absolute atomic E-state index is 0.000845. The number of nitrogens with zero attached hydrogens (tertiary/aromatic N) is 5. The number of hydrogen-bond acceptors (Lipinski definition) is 7. The predicted octanol–water partition coefficient (Wildman–Crippen LogP) is 5.63. The maximum atomic E-state index is 14.4. The first-order valence-corrected chi connectivity index (χ1v) is 19.0. The molecule has 1 aliphatic carbocycles. The number of ether oxygens (including phenoxy) is 1. The van der Waals surface area contributed by atoms with E-state index < -0.39 is 0 Å². The standard InChI is InChI=1S/C39H50N6O4S/c1-41(2)38(47)27-14-16-43(17-15-27)39(48)30-22-29-23-31(49-4)11-13-32(29)36-35(26-8-6-5-7-9-26)33-12-10-28(24-34(33)45(36)25-30)37(46)40-50-44-20-18-42(3)19-21-44/h10-13,22-24,26-27H,5-9,14-21,25H2,1-4H3,(H,40,46). The Morgan fingerprint density at radius 3 is 2.34 bits per heavy atom. The summed E-state index contributed by atoms with van der Waals surface area (Å²) in [5.41, 5.74) is 6.80. The normalized spacial score (nSPS) is 19.4. The summed E-state index contributed by atoms with van der Waals surface area (Å²) in [7, 11) is 7.39. The molecule has 3 aromatic rings. The summed E-state index contributed by atoms with van der Waals surface area (Å²) in [6.45, 7) is 5.24. The zero-order valence-corrected chi connectivity index (χ0v) is 30.7. The molecule has 7 rings (SSSR count). The summed E-state index contributed by atoms with van der Waals surface area (Å²) in [4.78, 5) is 46.6. The van der Waals surface area contributed by atoms with Crippen molar-refractivity contribution in [3.63, 3.8) is 0 Å². The highest BCUT2D eigenvalue weighted by Crippen LogP contribution is 2.47. The average Bonchev–Trinajstić information content (AvgIpc) is 3.36. The monoisotopic (exact) mass is 698 g/mol. The Labute approximate surface area is 300 Å². The highest BCUT2D eigenvalue weighted by atomic mass is 32.2. The van der Waals surface area contributed by atoms with E-state index in [4.69, 9.17) is 4.74 Å². The first kappa shape index (κ1) is 34.6. The van der Waals surface area contributed by atoms with Crippen molar-refractivity contribution in [2.45, 2.75) is 57.4 Å². The van der Waals surface area contributed by atoms with Gasteiger partial charge >= 0.3 is 0 Å². The number of hydrogen-bond donors (Lipinski definition) is 1. The Balaban J connectivity index is 1.28. The molecule has 3 fully saturated rings. The summed E-state index contributed by atoms with van der Waals surface area (Å²) >= 11 is 1.39. The molecule has 2 aromatic carbocycles. The second-order valence-electron chi connectivity index (χ2n) is 14.6. The molecule has 11 heteroatoms. The summed E-state index contributed by atoms with van der Waals surface area (Å²) in [5.74, 6) is 1.10. The number of amides is 3. The number of piperazine rings is 1. The second kappa shape index (κ2) is 14.8. The summed E-state index contributed by atoms with van der Waals surface area (Å²) < 4.78 is 13.3. The van der Waals surface area contributed by atoms with Crippen LogP contribution in [0.5, 0.6) is 5.75 Å². The first-order chi connectivity index (χ1) is 24.2. The molecule has 10 nitrogen and oxygen atoms in total. The molecule has 0 atom stereocenters. The summed E-state index contributed by atoms with van der Waals surface area (Å²) in [6.07, 6.45) is 9.27. The number of piperidine rings is 1. The molecule has 0 unspecified atom stereocenters. The van der Waals surface area contributed by atoms with E-state index in [9.17, 15) is 14.4 Å².